The molecule has 0 unspecified atom stereocenters. The van der Waals surface area contributed by atoms with E-state index in [1.807, 2.05) is 36.4 Å². The molecule has 20 heavy (non-hydrogen) atoms. The molecule has 2 aromatic carbocycles. The number of ketones is 1. The van der Waals surface area contributed by atoms with Crippen molar-refractivity contribution in [1.82, 2.24) is 0 Å². The van der Waals surface area contributed by atoms with Gasteiger partial charge in [-0.1, -0.05) is 69.3 Å². The lowest BCUT2D eigenvalue weighted by Gasteiger charge is -2.19. The third-order valence-corrected chi connectivity index (χ3v) is 3.44. The van der Waals surface area contributed by atoms with E-state index in [1.54, 1.807) is 0 Å². The van der Waals surface area contributed by atoms with E-state index in [0.29, 0.717) is 6.42 Å². The summed E-state index contributed by atoms with van der Waals surface area (Å²) in [6.07, 6.45) is 1.28. The summed E-state index contributed by atoms with van der Waals surface area (Å²) in [6.45, 7) is 6.59. The molecule has 0 aliphatic rings. The van der Waals surface area contributed by atoms with E-state index in [9.17, 15) is 4.79 Å². The van der Waals surface area contributed by atoms with Gasteiger partial charge in [-0.25, -0.2) is 0 Å². The minimum atomic E-state index is 0.132. The van der Waals surface area contributed by atoms with Crippen LogP contribution in [0, 0.1) is 6.07 Å². The fourth-order valence-electron chi connectivity index (χ4n) is 2.14. The average molecular weight is 265 g/mol. The second-order valence-electron chi connectivity index (χ2n) is 6.14. The van der Waals surface area contributed by atoms with Crippen LogP contribution in [0.25, 0.3) is 0 Å². The maximum Gasteiger partial charge on any atom is 0.163 e. The number of rotatable bonds is 4. The van der Waals surface area contributed by atoms with E-state index >= 15 is 0 Å². The van der Waals surface area contributed by atoms with Crippen LogP contribution in [-0.4, -0.2) is 5.78 Å². The molecule has 1 heteroatoms. The summed E-state index contributed by atoms with van der Waals surface area (Å²) >= 11 is 0. The Bertz CT molecular complexity index is 576. The standard InChI is InChI=1S/C19H21O/c1-19(2,3)17-11-7-8-15(14-17)12-13-18(20)16-9-5-4-6-10-16/h4-7,9-11,14H,12-13H2,1-3H3. The van der Waals surface area contributed by atoms with Crippen molar-refractivity contribution in [2.45, 2.75) is 39.0 Å². The molecule has 0 bridgehead atoms. The van der Waals surface area contributed by atoms with Crippen LogP contribution < -0.4 is 0 Å². The molecule has 2 rings (SSSR count). The Balaban J connectivity index is 2.03. The maximum absolute atomic E-state index is 12.1. The second-order valence-corrected chi connectivity index (χ2v) is 6.14. The summed E-state index contributed by atoms with van der Waals surface area (Å²) in [5, 5.41) is 0. The van der Waals surface area contributed by atoms with Crippen molar-refractivity contribution in [2.24, 2.45) is 0 Å². The van der Waals surface area contributed by atoms with Gasteiger partial charge in [-0.2, -0.15) is 0 Å². The lowest BCUT2D eigenvalue weighted by molar-refractivity contribution is 0.0983. The molecule has 0 aliphatic heterocycles. The van der Waals surface area contributed by atoms with Crippen molar-refractivity contribution in [2.75, 3.05) is 0 Å². The number of hydrogen-bond donors (Lipinski definition) is 0. The minimum Gasteiger partial charge on any atom is -0.294 e. The molecular weight excluding hydrogens is 244 g/mol. The zero-order chi connectivity index (χ0) is 14.6. The highest BCUT2D eigenvalue weighted by molar-refractivity contribution is 5.96. The van der Waals surface area contributed by atoms with Gasteiger partial charge in [0.2, 0.25) is 0 Å². The van der Waals surface area contributed by atoms with Crippen LogP contribution >= 0.6 is 0 Å². The summed E-state index contributed by atoms with van der Waals surface area (Å²) in [6, 6.07) is 18.9. The van der Waals surface area contributed by atoms with E-state index in [1.165, 1.54) is 5.56 Å². The molecule has 103 valence electrons. The Labute approximate surface area is 121 Å². The SMILES string of the molecule is CC(C)(C)c1cc[c]c(CCC(=O)c2ccccc2)c1. The predicted octanol–water partition coefficient (Wildman–Crippen LogP) is 4.60. The first kappa shape index (κ1) is 14.5. The number of Topliss-reactive ketones (excluding diaryl/α,β-unsaturated/α-hetero) is 1. The molecule has 1 radical (unpaired) electrons. The topological polar surface area (TPSA) is 17.1 Å². The zero-order valence-corrected chi connectivity index (χ0v) is 12.4. The molecule has 0 atom stereocenters. The third kappa shape index (κ3) is 3.80. The van der Waals surface area contributed by atoms with Crippen molar-refractivity contribution in [3.05, 3.63) is 71.3 Å². The van der Waals surface area contributed by atoms with Crippen LogP contribution in [0.5, 0.6) is 0 Å². The zero-order valence-electron chi connectivity index (χ0n) is 12.4. The number of aryl methyl sites for hydroxylation is 1. The van der Waals surface area contributed by atoms with Gasteiger partial charge in [-0.15, -0.1) is 0 Å². The first-order chi connectivity index (χ1) is 9.47. The third-order valence-electron chi connectivity index (χ3n) is 3.44. The van der Waals surface area contributed by atoms with Crippen LogP contribution in [0.15, 0.2) is 48.5 Å². The summed E-state index contributed by atoms with van der Waals surface area (Å²) in [5.41, 5.74) is 3.33. The Morgan fingerprint density at radius 1 is 1.10 bits per heavy atom. The second kappa shape index (κ2) is 6.04. The average Bonchev–Trinajstić information content (AvgIpc) is 2.45. The fourth-order valence-corrected chi connectivity index (χ4v) is 2.14. The first-order valence-corrected chi connectivity index (χ1v) is 7.06. The Morgan fingerprint density at radius 3 is 2.45 bits per heavy atom. The van der Waals surface area contributed by atoms with Gasteiger partial charge >= 0.3 is 0 Å². The van der Waals surface area contributed by atoms with Gasteiger partial charge in [0.15, 0.2) is 5.78 Å². The molecule has 0 heterocycles. The predicted molar refractivity (Wildman–Crippen MR) is 83.1 cm³/mol. The monoisotopic (exact) mass is 265 g/mol. The van der Waals surface area contributed by atoms with Gasteiger partial charge < -0.3 is 0 Å². The van der Waals surface area contributed by atoms with Crippen molar-refractivity contribution in [3.63, 3.8) is 0 Å². The Kier molecular flexibility index (Phi) is 4.39. The summed E-state index contributed by atoms with van der Waals surface area (Å²) in [5.74, 6) is 0.195. The van der Waals surface area contributed by atoms with E-state index in [-0.39, 0.29) is 11.2 Å². The van der Waals surface area contributed by atoms with Gasteiger partial charge in [-0.3, -0.25) is 4.79 Å². The minimum absolute atomic E-state index is 0.132. The largest absolute Gasteiger partial charge is 0.294 e. The maximum atomic E-state index is 12.1. The normalized spacial score (nSPS) is 11.3. The highest BCUT2D eigenvalue weighted by Gasteiger charge is 2.14. The Morgan fingerprint density at radius 2 is 1.80 bits per heavy atom. The highest BCUT2D eigenvalue weighted by Crippen LogP contribution is 2.23. The van der Waals surface area contributed by atoms with Crippen LogP contribution in [0.3, 0.4) is 0 Å². The summed E-state index contributed by atoms with van der Waals surface area (Å²) in [7, 11) is 0. The van der Waals surface area contributed by atoms with E-state index in [4.69, 9.17) is 0 Å². The first-order valence-electron chi connectivity index (χ1n) is 7.06. The van der Waals surface area contributed by atoms with Gasteiger partial charge in [-0.05, 0) is 29.0 Å². The van der Waals surface area contributed by atoms with Gasteiger partial charge in [0.1, 0.15) is 0 Å². The molecule has 0 N–H and O–H groups in total. The summed E-state index contributed by atoms with van der Waals surface area (Å²) < 4.78 is 0. The molecule has 1 nitrogen and oxygen atoms in total. The van der Waals surface area contributed by atoms with E-state index < -0.39 is 0 Å². The van der Waals surface area contributed by atoms with E-state index in [0.717, 1.165) is 17.5 Å². The van der Waals surface area contributed by atoms with Gasteiger partial charge in [0, 0.05) is 12.0 Å². The molecule has 0 amide bonds. The quantitative estimate of drug-likeness (QED) is 0.738. The molecule has 2 aromatic rings. The van der Waals surface area contributed by atoms with Crippen molar-refractivity contribution < 1.29 is 4.79 Å². The molecule has 0 aromatic heterocycles. The molecule has 0 aliphatic carbocycles. The Hall–Kier alpha value is -1.89. The molecule has 0 spiro atoms. The van der Waals surface area contributed by atoms with Gasteiger partial charge in [0.05, 0.1) is 0 Å². The number of hydrogen-bond acceptors (Lipinski definition) is 1. The number of benzene rings is 2. The van der Waals surface area contributed by atoms with Crippen molar-refractivity contribution >= 4 is 5.78 Å². The van der Waals surface area contributed by atoms with Crippen LogP contribution in [0.1, 0.15) is 48.7 Å². The molecule has 0 saturated carbocycles. The van der Waals surface area contributed by atoms with Crippen LogP contribution in [0.2, 0.25) is 0 Å². The highest BCUT2D eigenvalue weighted by atomic mass is 16.1. The van der Waals surface area contributed by atoms with Gasteiger partial charge in [0.25, 0.3) is 0 Å². The van der Waals surface area contributed by atoms with Crippen molar-refractivity contribution in [1.29, 1.82) is 0 Å². The fraction of sp³-hybridized carbons (Fsp3) is 0.316. The molecular formula is C19H21O. The lowest BCUT2D eigenvalue weighted by atomic mass is 9.85. The lowest BCUT2D eigenvalue weighted by Crippen LogP contribution is -2.11. The van der Waals surface area contributed by atoms with Crippen LogP contribution in [0.4, 0.5) is 0 Å². The van der Waals surface area contributed by atoms with Crippen molar-refractivity contribution in [3.8, 4) is 0 Å². The van der Waals surface area contributed by atoms with Crippen LogP contribution in [-0.2, 0) is 11.8 Å². The molecule has 0 saturated heterocycles. The smallest absolute Gasteiger partial charge is 0.163 e. The number of carbonyl (C=O) groups is 1. The number of carbonyl (C=O) groups excluding carboxylic acids is 1. The summed E-state index contributed by atoms with van der Waals surface area (Å²) in [4.78, 5) is 12.1. The van der Waals surface area contributed by atoms with E-state index in [2.05, 4.69) is 39.0 Å². The molecule has 0 fully saturated rings.